The number of hydrogen-bond donors (Lipinski definition) is 1. The average molecular weight is 337 g/mol. The molecule has 0 aromatic carbocycles. The Kier molecular flexibility index (Phi) is 3.96. The Morgan fingerprint density at radius 2 is 2.14 bits per heavy atom. The van der Waals surface area contributed by atoms with Gasteiger partial charge in [-0.25, -0.2) is 4.98 Å². The summed E-state index contributed by atoms with van der Waals surface area (Å²) in [5.41, 5.74) is 1.57. The van der Waals surface area contributed by atoms with E-state index in [1.165, 1.54) is 11.3 Å². The van der Waals surface area contributed by atoms with Crippen molar-refractivity contribution in [3.05, 3.63) is 45.4 Å². The van der Waals surface area contributed by atoms with Crippen molar-refractivity contribution in [1.82, 2.24) is 14.6 Å². The Balaban J connectivity index is 1.76. The normalized spacial score (nSPS) is 10.6. The third kappa shape index (κ3) is 3.10. The highest BCUT2D eigenvalue weighted by molar-refractivity contribution is 7.19. The van der Waals surface area contributed by atoms with Gasteiger partial charge in [0.05, 0.1) is 10.0 Å². The van der Waals surface area contributed by atoms with Crippen LogP contribution in [0.5, 0.6) is 0 Å². The first kappa shape index (κ1) is 14.1. The molecule has 0 saturated carbocycles. The zero-order valence-electron chi connectivity index (χ0n) is 10.8. The van der Waals surface area contributed by atoms with Crippen LogP contribution >= 0.6 is 34.5 Å². The average Bonchev–Trinajstić information content (AvgIpc) is 3.08. The first-order chi connectivity index (χ1) is 10.1. The molecule has 106 valence electrons. The SMILES string of the molecule is Cc1nnsc1C(=O)Nc1ccc(-c2ccc(Cl)s2)cn1. The number of nitrogens with one attached hydrogen (secondary N) is 1. The zero-order valence-corrected chi connectivity index (χ0v) is 13.2. The summed E-state index contributed by atoms with van der Waals surface area (Å²) in [6.07, 6.45) is 1.70. The number of aromatic nitrogens is 3. The number of halogens is 1. The minimum absolute atomic E-state index is 0.248. The highest BCUT2D eigenvalue weighted by Crippen LogP contribution is 2.30. The maximum absolute atomic E-state index is 12.0. The molecule has 3 aromatic heterocycles. The van der Waals surface area contributed by atoms with Gasteiger partial charge < -0.3 is 5.32 Å². The first-order valence-electron chi connectivity index (χ1n) is 5.95. The lowest BCUT2D eigenvalue weighted by Crippen LogP contribution is -2.12. The van der Waals surface area contributed by atoms with Crippen molar-refractivity contribution in [3.63, 3.8) is 0 Å². The molecular formula is C13H9ClN4OS2. The molecule has 3 heterocycles. The molecule has 1 N–H and O–H groups in total. The summed E-state index contributed by atoms with van der Waals surface area (Å²) in [7, 11) is 0. The maximum atomic E-state index is 12.0. The Morgan fingerprint density at radius 3 is 2.71 bits per heavy atom. The van der Waals surface area contributed by atoms with Crippen LogP contribution in [-0.4, -0.2) is 20.5 Å². The molecule has 0 spiro atoms. The summed E-state index contributed by atoms with van der Waals surface area (Å²) in [5, 5.41) is 6.54. The molecule has 8 heteroatoms. The third-order valence-electron chi connectivity index (χ3n) is 2.72. The molecule has 0 unspecified atom stereocenters. The van der Waals surface area contributed by atoms with Gasteiger partial charge in [0.1, 0.15) is 10.7 Å². The van der Waals surface area contributed by atoms with Crippen LogP contribution in [0, 0.1) is 6.92 Å². The lowest BCUT2D eigenvalue weighted by molar-refractivity contribution is 0.102. The van der Waals surface area contributed by atoms with Crippen LogP contribution in [0.4, 0.5) is 5.82 Å². The summed E-state index contributed by atoms with van der Waals surface area (Å²) in [4.78, 5) is 17.8. The second-order valence-corrected chi connectivity index (χ2v) is 6.65. The fourth-order valence-corrected chi connectivity index (χ4v) is 3.28. The standard InChI is InChI=1S/C13H9ClN4OS2/c1-7-12(21-18-17-7)13(19)16-11-5-2-8(6-15-11)9-3-4-10(14)20-9/h2-6H,1H3,(H,15,16,19). The fourth-order valence-electron chi connectivity index (χ4n) is 1.70. The maximum Gasteiger partial charge on any atom is 0.270 e. The van der Waals surface area contributed by atoms with Crippen molar-refractivity contribution in [2.45, 2.75) is 6.92 Å². The first-order valence-corrected chi connectivity index (χ1v) is 7.92. The number of carbonyl (C=O) groups is 1. The smallest absolute Gasteiger partial charge is 0.270 e. The summed E-state index contributed by atoms with van der Waals surface area (Å²) in [6.45, 7) is 1.75. The van der Waals surface area contributed by atoms with Crippen molar-refractivity contribution >= 4 is 46.2 Å². The van der Waals surface area contributed by atoms with Gasteiger partial charge in [-0.2, -0.15) is 0 Å². The van der Waals surface area contributed by atoms with E-state index in [0.29, 0.717) is 16.4 Å². The number of nitrogens with zero attached hydrogens (tertiary/aromatic N) is 3. The van der Waals surface area contributed by atoms with E-state index in [-0.39, 0.29) is 5.91 Å². The van der Waals surface area contributed by atoms with Gasteiger partial charge in [-0.3, -0.25) is 4.79 Å². The van der Waals surface area contributed by atoms with Gasteiger partial charge in [-0.05, 0) is 42.7 Å². The number of rotatable bonds is 3. The van der Waals surface area contributed by atoms with E-state index in [0.717, 1.165) is 26.3 Å². The van der Waals surface area contributed by atoms with Gasteiger partial charge in [0.2, 0.25) is 0 Å². The number of hydrogen-bond acceptors (Lipinski definition) is 6. The molecule has 0 saturated heterocycles. The van der Waals surface area contributed by atoms with Gasteiger partial charge in [0, 0.05) is 16.6 Å². The minimum Gasteiger partial charge on any atom is -0.306 e. The molecule has 3 aromatic rings. The van der Waals surface area contributed by atoms with Crippen LogP contribution in [0.15, 0.2) is 30.5 Å². The number of carbonyl (C=O) groups excluding carboxylic acids is 1. The molecule has 5 nitrogen and oxygen atoms in total. The van der Waals surface area contributed by atoms with Crippen LogP contribution in [-0.2, 0) is 0 Å². The summed E-state index contributed by atoms with van der Waals surface area (Å²) >= 11 is 8.46. The van der Waals surface area contributed by atoms with Crippen LogP contribution in [0.1, 0.15) is 15.4 Å². The number of amides is 1. The van der Waals surface area contributed by atoms with E-state index in [4.69, 9.17) is 11.6 Å². The Hall–Kier alpha value is -1.83. The number of thiophene rings is 1. The highest BCUT2D eigenvalue weighted by Gasteiger charge is 2.13. The van der Waals surface area contributed by atoms with E-state index in [2.05, 4.69) is 19.9 Å². The van der Waals surface area contributed by atoms with Gasteiger partial charge in [-0.15, -0.1) is 16.4 Å². The largest absolute Gasteiger partial charge is 0.306 e. The fraction of sp³-hybridized carbons (Fsp3) is 0.0769. The van der Waals surface area contributed by atoms with E-state index in [1.54, 1.807) is 19.2 Å². The molecule has 21 heavy (non-hydrogen) atoms. The molecule has 0 atom stereocenters. The molecule has 0 aliphatic heterocycles. The topological polar surface area (TPSA) is 67.8 Å². The molecule has 1 amide bonds. The predicted molar refractivity (Wildman–Crippen MR) is 85.2 cm³/mol. The molecule has 0 fully saturated rings. The van der Waals surface area contributed by atoms with Crippen molar-refractivity contribution in [2.24, 2.45) is 0 Å². The molecule has 3 rings (SSSR count). The third-order valence-corrected chi connectivity index (χ3v) is 4.83. The summed E-state index contributed by atoms with van der Waals surface area (Å²) in [6, 6.07) is 7.43. The number of aryl methyl sites for hydroxylation is 1. The van der Waals surface area contributed by atoms with E-state index in [1.807, 2.05) is 18.2 Å². The van der Waals surface area contributed by atoms with E-state index in [9.17, 15) is 4.79 Å². The van der Waals surface area contributed by atoms with Crippen LogP contribution in [0.2, 0.25) is 4.34 Å². The van der Waals surface area contributed by atoms with Gasteiger partial charge in [0.25, 0.3) is 5.91 Å². The number of anilines is 1. The second-order valence-electron chi connectivity index (χ2n) is 4.18. The lowest BCUT2D eigenvalue weighted by Gasteiger charge is -2.03. The zero-order chi connectivity index (χ0) is 14.8. The van der Waals surface area contributed by atoms with Crippen LogP contribution in [0.3, 0.4) is 0 Å². The minimum atomic E-state index is -0.248. The highest BCUT2D eigenvalue weighted by atomic mass is 35.5. The second kappa shape index (κ2) is 5.88. The van der Waals surface area contributed by atoms with Crippen molar-refractivity contribution in [3.8, 4) is 10.4 Å². The Morgan fingerprint density at radius 1 is 1.29 bits per heavy atom. The lowest BCUT2D eigenvalue weighted by atomic mass is 10.2. The Labute approximate surface area is 133 Å². The molecular weight excluding hydrogens is 328 g/mol. The number of pyridine rings is 1. The summed E-state index contributed by atoms with van der Waals surface area (Å²) < 4.78 is 4.47. The van der Waals surface area contributed by atoms with Crippen molar-refractivity contribution in [1.29, 1.82) is 0 Å². The molecule has 0 radical (unpaired) electrons. The molecule has 0 aliphatic carbocycles. The van der Waals surface area contributed by atoms with E-state index >= 15 is 0 Å². The quantitative estimate of drug-likeness (QED) is 0.788. The van der Waals surface area contributed by atoms with Gasteiger partial charge in [0.15, 0.2) is 0 Å². The molecule has 0 bridgehead atoms. The molecule has 0 aliphatic rings. The van der Waals surface area contributed by atoms with Gasteiger partial charge >= 0.3 is 0 Å². The van der Waals surface area contributed by atoms with Gasteiger partial charge in [-0.1, -0.05) is 16.1 Å². The van der Waals surface area contributed by atoms with Crippen molar-refractivity contribution < 1.29 is 4.79 Å². The summed E-state index contributed by atoms with van der Waals surface area (Å²) in [5.74, 6) is 0.237. The predicted octanol–water partition coefficient (Wildman–Crippen LogP) is 3.88. The van der Waals surface area contributed by atoms with Crippen LogP contribution in [0.25, 0.3) is 10.4 Å². The van der Waals surface area contributed by atoms with Crippen LogP contribution < -0.4 is 5.32 Å². The van der Waals surface area contributed by atoms with E-state index < -0.39 is 0 Å². The van der Waals surface area contributed by atoms with Crippen molar-refractivity contribution in [2.75, 3.05) is 5.32 Å². The monoisotopic (exact) mass is 336 g/mol. The Bertz CT molecular complexity index is 782.